The predicted octanol–water partition coefficient (Wildman–Crippen LogP) is 7.04. The van der Waals surface area contributed by atoms with Gasteiger partial charge >= 0.3 is 5.97 Å². The van der Waals surface area contributed by atoms with Crippen molar-refractivity contribution in [1.82, 2.24) is 0 Å². The van der Waals surface area contributed by atoms with Gasteiger partial charge in [0.1, 0.15) is 23.9 Å². The lowest BCUT2D eigenvalue weighted by atomic mass is 9.92. The normalized spacial score (nSPS) is 19.9. The molecule has 3 aromatic carbocycles. The van der Waals surface area contributed by atoms with E-state index in [9.17, 15) is 4.79 Å². The van der Waals surface area contributed by atoms with Crippen molar-refractivity contribution in [2.24, 2.45) is 5.92 Å². The van der Waals surface area contributed by atoms with E-state index >= 15 is 0 Å². The van der Waals surface area contributed by atoms with Gasteiger partial charge in [-0.25, -0.2) is 0 Å². The number of para-hydroxylation sites is 1. The number of nitrogens with one attached hydrogen (secondary N) is 1. The van der Waals surface area contributed by atoms with Gasteiger partial charge in [0.15, 0.2) is 0 Å². The van der Waals surface area contributed by atoms with E-state index in [1.165, 1.54) is 42.4 Å². The molecule has 0 radical (unpaired) electrons. The highest BCUT2D eigenvalue weighted by Crippen LogP contribution is 2.45. The highest BCUT2D eigenvalue weighted by Gasteiger charge is 2.30. The molecule has 1 saturated carbocycles. The molecule has 6 heteroatoms. The quantitative estimate of drug-likeness (QED) is 0.337. The molecule has 2 heterocycles. The SMILES string of the molecule is Cc1cc(OCC2CCCC2)cc(C)c1-c1cccc2c1OCC2Nc1ccc2c(c1)OCC2CC(=O)O. The third kappa shape index (κ3) is 4.80. The molecule has 0 spiro atoms. The zero-order chi connectivity index (χ0) is 26.2. The van der Waals surface area contributed by atoms with Gasteiger partial charge in [0.05, 0.1) is 25.7 Å². The number of carbonyl (C=O) groups is 1. The lowest BCUT2D eigenvalue weighted by Gasteiger charge is -2.18. The van der Waals surface area contributed by atoms with Crippen molar-refractivity contribution in [2.75, 3.05) is 25.1 Å². The van der Waals surface area contributed by atoms with Crippen LogP contribution in [0.25, 0.3) is 11.1 Å². The molecule has 2 N–H and O–H groups in total. The molecular weight excluding hydrogens is 478 g/mol. The van der Waals surface area contributed by atoms with Crippen molar-refractivity contribution in [1.29, 1.82) is 0 Å². The molecule has 2 aliphatic heterocycles. The van der Waals surface area contributed by atoms with E-state index in [1.807, 2.05) is 18.2 Å². The van der Waals surface area contributed by atoms with Crippen LogP contribution in [-0.2, 0) is 4.79 Å². The molecule has 0 saturated heterocycles. The molecule has 198 valence electrons. The molecule has 1 aliphatic carbocycles. The third-order valence-electron chi connectivity index (χ3n) is 8.21. The average Bonchev–Trinajstić information content (AvgIpc) is 3.64. The second kappa shape index (κ2) is 10.2. The van der Waals surface area contributed by atoms with Gasteiger partial charge in [0, 0.05) is 34.4 Å². The molecule has 0 bridgehead atoms. The van der Waals surface area contributed by atoms with Gasteiger partial charge in [-0.15, -0.1) is 0 Å². The van der Waals surface area contributed by atoms with Gasteiger partial charge in [-0.2, -0.15) is 0 Å². The maximum atomic E-state index is 11.2. The first kappa shape index (κ1) is 24.7. The maximum absolute atomic E-state index is 11.2. The highest BCUT2D eigenvalue weighted by atomic mass is 16.5. The number of benzene rings is 3. The van der Waals surface area contributed by atoms with Crippen molar-refractivity contribution in [3.8, 4) is 28.4 Å². The molecular formula is C32H35NO5. The molecule has 0 amide bonds. The minimum atomic E-state index is -0.805. The number of rotatable bonds is 8. The predicted molar refractivity (Wildman–Crippen MR) is 148 cm³/mol. The van der Waals surface area contributed by atoms with Gasteiger partial charge < -0.3 is 24.6 Å². The minimum Gasteiger partial charge on any atom is -0.493 e. The second-order valence-corrected chi connectivity index (χ2v) is 11.0. The Morgan fingerprint density at radius 2 is 1.79 bits per heavy atom. The van der Waals surface area contributed by atoms with E-state index in [0.717, 1.165) is 46.2 Å². The van der Waals surface area contributed by atoms with Crippen LogP contribution in [0.4, 0.5) is 5.69 Å². The van der Waals surface area contributed by atoms with E-state index in [2.05, 4.69) is 49.5 Å². The van der Waals surface area contributed by atoms with E-state index in [0.29, 0.717) is 19.1 Å². The van der Waals surface area contributed by atoms with E-state index in [1.54, 1.807) is 0 Å². The zero-order valence-electron chi connectivity index (χ0n) is 22.1. The van der Waals surface area contributed by atoms with Crippen LogP contribution in [-0.4, -0.2) is 30.9 Å². The summed E-state index contributed by atoms with van der Waals surface area (Å²) in [5.74, 6) is 2.42. The average molecular weight is 514 g/mol. The summed E-state index contributed by atoms with van der Waals surface area (Å²) in [7, 11) is 0. The molecule has 6 rings (SSSR count). The molecule has 2 atom stereocenters. The fraction of sp³-hybridized carbons (Fsp3) is 0.406. The van der Waals surface area contributed by atoms with Crippen LogP contribution in [0.2, 0.25) is 0 Å². The smallest absolute Gasteiger partial charge is 0.304 e. The zero-order valence-corrected chi connectivity index (χ0v) is 22.1. The number of carboxylic acids is 1. The molecule has 6 nitrogen and oxygen atoms in total. The maximum Gasteiger partial charge on any atom is 0.304 e. The van der Waals surface area contributed by atoms with Crippen LogP contribution in [0.5, 0.6) is 17.2 Å². The Bertz CT molecular complexity index is 1340. The standard InChI is InChI=1S/C32H35NO5/c1-19-12-24(36-16-21-6-3-4-7-21)13-20(2)31(19)27-9-5-8-26-28(18-38-32(26)27)33-23-10-11-25-22(14-30(34)35)17-37-29(25)15-23/h5,8-13,15,21-22,28,33H,3-4,6-7,14,16-18H2,1-2H3,(H,34,35). The Morgan fingerprint density at radius 3 is 2.55 bits per heavy atom. The monoisotopic (exact) mass is 513 g/mol. The Labute approximate surface area is 223 Å². The first-order chi connectivity index (χ1) is 18.5. The van der Waals surface area contributed by atoms with Crippen LogP contribution in [0.3, 0.4) is 0 Å². The first-order valence-electron chi connectivity index (χ1n) is 13.7. The summed E-state index contributed by atoms with van der Waals surface area (Å²) in [6, 6.07) is 16.6. The Hall–Kier alpha value is -3.67. The summed E-state index contributed by atoms with van der Waals surface area (Å²) in [6.45, 7) is 6.05. The number of aliphatic carboxylic acids is 1. The first-order valence-corrected chi connectivity index (χ1v) is 13.7. The van der Waals surface area contributed by atoms with E-state index in [4.69, 9.17) is 19.3 Å². The van der Waals surface area contributed by atoms with Gasteiger partial charge in [-0.1, -0.05) is 37.1 Å². The van der Waals surface area contributed by atoms with Crippen molar-refractivity contribution in [3.63, 3.8) is 0 Å². The molecule has 3 aromatic rings. The van der Waals surface area contributed by atoms with Gasteiger partial charge in [-0.05, 0) is 67.5 Å². The summed E-state index contributed by atoms with van der Waals surface area (Å²) in [6.07, 6.45) is 5.30. The topological polar surface area (TPSA) is 77.0 Å². The number of ether oxygens (including phenoxy) is 3. The number of fused-ring (bicyclic) bond motifs is 2. The second-order valence-electron chi connectivity index (χ2n) is 11.0. The van der Waals surface area contributed by atoms with Gasteiger partial charge in [-0.3, -0.25) is 4.79 Å². The number of hydrogen-bond acceptors (Lipinski definition) is 5. The van der Waals surface area contributed by atoms with Crippen LogP contribution >= 0.6 is 0 Å². The summed E-state index contributed by atoms with van der Waals surface area (Å²) < 4.78 is 18.3. The van der Waals surface area contributed by atoms with Crippen LogP contribution in [0, 0.1) is 19.8 Å². The van der Waals surface area contributed by atoms with E-state index in [-0.39, 0.29) is 18.4 Å². The van der Waals surface area contributed by atoms with Crippen LogP contribution < -0.4 is 19.5 Å². The summed E-state index contributed by atoms with van der Waals surface area (Å²) in [5.41, 5.74) is 7.71. The minimum absolute atomic E-state index is 0.00819. The van der Waals surface area contributed by atoms with Crippen molar-refractivity contribution >= 4 is 11.7 Å². The van der Waals surface area contributed by atoms with E-state index < -0.39 is 5.97 Å². The summed E-state index contributed by atoms with van der Waals surface area (Å²) >= 11 is 0. The highest BCUT2D eigenvalue weighted by molar-refractivity contribution is 5.79. The fourth-order valence-corrected chi connectivity index (χ4v) is 6.33. The molecule has 38 heavy (non-hydrogen) atoms. The Kier molecular flexibility index (Phi) is 6.64. The number of aryl methyl sites for hydroxylation is 2. The summed E-state index contributed by atoms with van der Waals surface area (Å²) in [5, 5.41) is 12.8. The molecule has 3 aliphatic rings. The lowest BCUT2D eigenvalue weighted by Crippen LogP contribution is -2.11. The van der Waals surface area contributed by atoms with Crippen molar-refractivity contribution in [3.05, 3.63) is 70.8 Å². The van der Waals surface area contributed by atoms with Crippen LogP contribution in [0.1, 0.15) is 66.3 Å². The van der Waals surface area contributed by atoms with Gasteiger partial charge in [0.25, 0.3) is 0 Å². The molecule has 1 fully saturated rings. The van der Waals surface area contributed by atoms with Gasteiger partial charge in [0.2, 0.25) is 0 Å². The third-order valence-corrected chi connectivity index (χ3v) is 8.21. The fourth-order valence-electron chi connectivity index (χ4n) is 6.33. The Morgan fingerprint density at radius 1 is 1.00 bits per heavy atom. The van der Waals surface area contributed by atoms with Crippen LogP contribution in [0.15, 0.2) is 48.5 Å². The van der Waals surface area contributed by atoms with Crippen molar-refractivity contribution in [2.45, 2.75) is 57.9 Å². The summed E-state index contributed by atoms with van der Waals surface area (Å²) in [4.78, 5) is 11.2. The lowest BCUT2D eigenvalue weighted by molar-refractivity contribution is -0.137. The number of carboxylic acid groups (broad SMARTS) is 1. The molecule has 2 unspecified atom stereocenters. The van der Waals surface area contributed by atoms with Crippen molar-refractivity contribution < 1.29 is 24.1 Å². The number of hydrogen-bond donors (Lipinski definition) is 2. The number of anilines is 1. The molecule has 0 aromatic heterocycles. The largest absolute Gasteiger partial charge is 0.493 e. The Balaban J connectivity index is 1.21.